The Labute approximate surface area is 169 Å². The second-order valence-electron chi connectivity index (χ2n) is 9.88. The van der Waals surface area contributed by atoms with Crippen LogP contribution in [0.5, 0.6) is 0 Å². The summed E-state index contributed by atoms with van der Waals surface area (Å²) >= 11 is 0. The van der Waals surface area contributed by atoms with Gasteiger partial charge in [-0.25, -0.2) is 0 Å². The molecule has 28 heavy (non-hydrogen) atoms. The van der Waals surface area contributed by atoms with E-state index in [0.29, 0.717) is 19.5 Å². The Kier molecular flexibility index (Phi) is 7.32. The third-order valence-electron chi connectivity index (χ3n) is 4.81. The van der Waals surface area contributed by atoms with Crippen LogP contribution < -0.4 is 0 Å². The summed E-state index contributed by atoms with van der Waals surface area (Å²) in [6.07, 6.45) is 4.03. The van der Waals surface area contributed by atoms with Crippen molar-refractivity contribution < 1.29 is 18.7 Å². The Morgan fingerprint density at radius 3 is 2.36 bits per heavy atom. The van der Waals surface area contributed by atoms with E-state index < -0.39 is 5.54 Å². The molecular formula is C22H36N2O4. The summed E-state index contributed by atoms with van der Waals surface area (Å²) in [6, 6.07) is 3.68. The van der Waals surface area contributed by atoms with E-state index in [1.807, 2.05) is 53.7 Å². The second-order valence-corrected chi connectivity index (χ2v) is 9.88. The SMILES string of the molecule is CC(C)(C)CC(=O)N(CC(=O)N(Cc1ccco1)C[C@H]1CCCO1)C(C)(C)C. The molecule has 6 heteroatoms. The number of furan rings is 1. The minimum atomic E-state index is -0.432. The zero-order valence-corrected chi connectivity index (χ0v) is 18.3. The van der Waals surface area contributed by atoms with E-state index in [2.05, 4.69) is 0 Å². The molecule has 1 aliphatic heterocycles. The van der Waals surface area contributed by atoms with Gasteiger partial charge >= 0.3 is 0 Å². The summed E-state index contributed by atoms with van der Waals surface area (Å²) in [6.45, 7) is 13.7. The predicted octanol–water partition coefficient (Wildman–Crippen LogP) is 3.85. The molecule has 1 aromatic heterocycles. The van der Waals surface area contributed by atoms with Gasteiger partial charge in [0.2, 0.25) is 11.8 Å². The number of rotatable bonds is 7. The van der Waals surface area contributed by atoms with Gasteiger partial charge in [0.25, 0.3) is 0 Å². The van der Waals surface area contributed by atoms with E-state index in [1.165, 1.54) is 0 Å². The Balaban J connectivity index is 2.13. The fourth-order valence-electron chi connectivity index (χ4n) is 3.36. The lowest BCUT2D eigenvalue weighted by Crippen LogP contribution is -2.52. The first-order valence-corrected chi connectivity index (χ1v) is 10.2. The molecule has 2 heterocycles. The van der Waals surface area contributed by atoms with Gasteiger partial charge in [-0.1, -0.05) is 20.8 Å². The first-order valence-electron chi connectivity index (χ1n) is 10.2. The quantitative estimate of drug-likeness (QED) is 0.707. The van der Waals surface area contributed by atoms with Gasteiger partial charge in [0.05, 0.1) is 18.9 Å². The van der Waals surface area contributed by atoms with Crippen LogP contribution in [0.3, 0.4) is 0 Å². The Hall–Kier alpha value is -1.82. The van der Waals surface area contributed by atoms with Crippen molar-refractivity contribution in [2.75, 3.05) is 19.7 Å². The van der Waals surface area contributed by atoms with E-state index in [-0.39, 0.29) is 29.9 Å². The summed E-state index contributed by atoms with van der Waals surface area (Å²) in [5, 5.41) is 0. The van der Waals surface area contributed by atoms with Crippen LogP contribution in [0.4, 0.5) is 0 Å². The predicted molar refractivity (Wildman–Crippen MR) is 109 cm³/mol. The number of carbonyl (C=O) groups excluding carboxylic acids is 2. The van der Waals surface area contributed by atoms with Crippen LogP contribution in [-0.2, 0) is 20.9 Å². The van der Waals surface area contributed by atoms with E-state index >= 15 is 0 Å². The molecule has 0 aromatic carbocycles. The fourth-order valence-corrected chi connectivity index (χ4v) is 3.36. The number of carbonyl (C=O) groups is 2. The third kappa shape index (κ3) is 6.97. The lowest BCUT2D eigenvalue weighted by molar-refractivity contribution is -0.147. The van der Waals surface area contributed by atoms with Gasteiger partial charge in [0.1, 0.15) is 12.3 Å². The van der Waals surface area contributed by atoms with Crippen LogP contribution in [-0.4, -0.2) is 53.0 Å². The maximum Gasteiger partial charge on any atom is 0.242 e. The van der Waals surface area contributed by atoms with Crippen LogP contribution in [0, 0.1) is 5.41 Å². The maximum atomic E-state index is 13.2. The van der Waals surface area contributed by atoms with Gasteiger partial charge in [0.15, 0.2) is 0 Å². The molecule has 0 radical (unpaired) electrons. The van der Waals surface area contributed by atoms with Gasteiger partial charge in [-0.15, -0.1) is 0 Å². The van der Waals surface area contributed by atoms with E-state index in [0.717, 1.165) is 25.2 Å². The van der Waals surface area contributed by atoms with Gasteiger partial charge in [0, 0.05) is 25.1 Å². The van der Waals surface area contributed by atoms with Crippen LogP contribution in [0.15, 0.2) is 22.8 Å². The number of amides is 2. The highest BCUT2D eigenvalue weighted by Crippen LogP contribution is 2.24. The van der Waals surface area contributed by atoms with Crippen molar-refractivity contribution in [2.45, 2.75) is 79.0 Å². The first-order chi connectivity index (χ1) is 13.0. The molecule has 0 spiro atoms. The molecule has 1 fully saturated rings. The van der Waals surface area contributed by atoms with Crippen molar-refractivity contribution >= 4 is 11.8 Å². The number of hydrogen-bond donors (Lipinski definition) is 0. The number of hydrogen-bond acceptors (Lipinski definition) is 4. The summed E-state index contributed by atoms with van der Waals surface area (Å²) in [4.78, 5) is 29.6. The highest BCUT2D eigenvalue weighted by atomic mass is 16.5. The zero-order valence-electron chi connectivity index (χ0n) is 18.3. The summed E-state index contributed by atoms with van der Waals surface area (Å²) < 4.78 is 11.2. The van der Waals surface area contributed by atoms with Crippen LogP contribution >= 0.6 is 0 Å². The Morgan fingerprint density at radius 1 is 1.14 bits per heavy atom. The van der Waals surface area contributed by atoms with E-state index in [4.69, 9.17) is 9.15 Å². The van der Waals surface area contributed by atoms with Crippen LogP contribution in [0.1, 0.15) is 66.6 Å². The molecule has 0 saturated carbocycles. The van der Waals surface area contributed by atoms with Crippen molar-refractivity contribution in [2.24, 2.45) is 5.41 Å². The third-order valence-corrected chi connectivity index (χ3v) is 4.81. The van der Waals surface area contributed by atoms with Crippen molar-refractivity contribution in [3.8, 4) is 0 Å². The summed E-state index contributed by atoms with van der Waals surface area (Å²) in [7, 11) is 0. The molecule has 6 nitrogen and oxygen atoms in total. The molecule has 0 aliphatic carbocycles. The first kappa shape index (κ1) is 22.5. The highest BCUT2D eigenvalue weighted by Gasteiger charge is 2.33. The lowest BCUT2D eigenvalue weighted by Gasteiger charge is -2.38. The molecule has 1 aliphatic rings. The smallest absolute Gasteiger partial charge is 0.242 e. The minimum absolute atomic E-state index is 0.00316. The largest absolute Gasteiger partial charge is 0.467 e. The standard InChI is InChI=1S/C22H36N2O4/c1-21(2,3)13-19(25)24(22(4,5)6)16-20(26)23(14-17-9-7-11-27-17)15-18-10-8-12-28-18/h7,9,11,18H,8,10,12-16H2,1-6H3/t18-/m1/s1. The maximum absolute atomic E-state index is 13.2. The molecule has 0 bridgehead atoms. The van der Waals surface area contributed by atoms with Crippen molar-refractivity contribution in [1.29, 1.82) is 0 Å². The number of ether oxygens (including phenoxy) is 1. The summed E-state index contributed by atoms with van der Waals surface area (Å²) in [5.41, 5.74) is -0.562. The zero-order chi connectivity index (χ0) is 20.9. The lowest BCUT2D eigenvalue weighted by atomic mass is 9.90. The molecule has 1 aromatic rings. The van der Waals surface area contributed by atoms with E-state index in [1.54, 1.807) is 16.1 Å². The molecule has 1 saturated heterocycles. The van der Waals surface area contributed by atoms with E-state index in [9.17, 15) is 9.59 Å². The van der Waals surface area contributed by atoms with Crippen molar-refractivity contribution in [3.05, 3.63) is 24.2 Å². The molecule has 0 unspecified atom stereocenters. The van der Waals surface area contributed by atoms with Crippen molar-refractivity contribution in [3.63, 3.8) is 0 Å². The molecule has 0 N–H and O–H groups in total. The van der Waals surface area contributed by atoms with Crippen molar-refractivity contribution in [1.82, 2.24) is 9.80 Å². The average Bonchev–Trinajstić information content (AvgIpc) is 3.22. The van der Waals surface area contributed by atoms with Gasteiger partial charge in [-0.2, -0.15) is 0 Å². The molecular weight excluding hydrogens is 356 g/mol. The molecule has 1 atom stereocenters. The Morgan fingerprint density at radius 2 is 1.86 bits per heavy atom. The van der Waals surface area contributed by atoms with Gasteiger partial charge in [-0.05, 0) is 51.2 Å². The van der Waals surface area contributed by atoms with Gasteiger partial charge in [-0.3, -0.25) is 9.59 Å². The summed E-state index contributed by atoms with van der Waals surface area (Å²) in [5.74, 6) is 0.655. The molecule has 2 rings (SSSR count). The normalized spacial score (nSPS) is 17.6. The number of nitrogens with zero attached hydrogens (tertiary/aromatic N) is 2. The second kappa shape index (κ2) is 9.12. The Bertz CT molecular complexity index is 634. The topological polar surface area (TPSA) is 63.0 Å². The minimum Gasteiger partial charge on any atom is -0.467 e. The highest BCUT2D eigenvalue weighted by molar-refractivity contribution is 5.85. The average molecular weight is 393 g/mol. The molecule has 158 valence electrons. The van der Waals surface area contributed by atoms with Gasteiger partial charge < -0.3 is 19.0 Å². The fraction of sp³-hybridized carbons (Fsp3) is 0.727. The monoisotopic (exact) mass is 392 g/mol. The molecule has 2 amide bonds. The van der Waals surface area contributed by atoms with Crippen LogP contribution in [0.2, 0.25) is 0 Å². The van der Waals surface area contributed by atoms with Crippen LogP contribution in [0.25, 0.3) is 0 Å².